The number of carbonyl (C=O) groups is 1. The molecule has 1 aliphatic rings. The number of benzene rings is 1. The predicted molar refractivity (Wildman–Crippen MR) is 95.0 cm³/mol. The lowest BCUT2D eigenvalue weighted by Crippen LogP contribution is -2.39. The molecule has 0 radical (unpaired) electrons. The van der Waals surface area contributed by atoms with Crippen molar-refractivity contribution >= 4 is 11.9 Å². The fourth-order valence-electron chi connectivity index (χ4n) is 3.16. The Morgan fingerprint density at radius 2 is 2.00 bits per heavy atom. The van der Waals surface area contributed by atoms with Crippen molar-refractivity contribution in [1.82, 2.24) is 4.98 Å². The van der Waals surface area contributed by atoms with E-state index in [0.29, 0.717) is 48.4 Å². The van der Waals surface area contributed by atoms with E-state index in [1.54, 1.807) is 24.4 Å². The third kappa shape index (κ3) is 3.80. The fourth-order valence-corrected chi connectivity index (χ4v) is 3.16. The van der Waals surface area contributed by atoms with Crippen LogP contribution in [0.4, 0.5) is 15.0 Å². The summed E-state index contributed by atoms with van der Waals surface area (Å²) in [7, 11) is 0. The Bertz CT molecular complexity index is 956. The van der Waals surface area contributed by atoms with Gasteiger partial charge < -0.3 is 15.4 Å². The van der Waals surface area contributed by atoms with Gasteiger partial charge in [-0.2, -0.15) is 10.5 Å². The van der Waals surface area contributed by atoms with E-state index >= 15 is 0 Å². The largest absolute Gasteiger partial charge is 0.446 e. The summed E-state index contributed by atoms with van der Waals surface area (Å²) in [6.45, 7) is 1.09. The van der Waals surface area contributed by atoms with Gasteiger partial charge in [0, 0.05) is 37.7 Å². The van der Waals surface area contributed by atoms with Crippen LogP contribution in [0.15, 0.2) is 30.5 Å². The molecule has 0 atom stereocenters. The van der Waals surface area contributed by atoms with E-state index in [-0.39, 0.29) is 11.7 Å². The van der Waals surface area contributed by atoms with Crippen LogP contribution in [-0.2, 0) is 4.74 Å². The molecule has 1 amide bonds. The van der Waals surface area contributed by atoms with Crippen molar-refractivity contribution in [2.45, 2.75) is 18.9 Å². The van der Waals surface area contributed by atoms with Crippen LogP contribution in [0, 0.1) is 28.5 Å². The normalized spacial score (nSPS) is 14.3. The maximum atomic E-state index is 14.0. The molecule has 27 heavy (non-hydrogen) atoms. The van der Waals surface area contributed by atoms with Gasteiger partial charge in [-0.1, -0.05) is 6.07 Å². The first-order valence-electron chi connectivity index (χ1n) is 8.33. The van der Waals surface area contributed by atoms with Crippen LogP contribution in [0.1, 0.15) is 24.0 Å². The molecule has 2 heterocycles. The number of pyridine rings is 1. The van der Waals surface area contributed by atoms with E-state index in [0.717, 1.165) is 0 Å². The first-order valence-corrected chi connectivity index (χ1v) is 8.33. The average Bonchev–Trinajstić information content (AvgIpc) is 2.67. The highest BCUT2D eigenvalue weighted by molar-refractivity contribution is 5.76. The first-order chi connectivity index (χ1) is 13.0. The first kappa shape index (κ1) is 18.2. The van der Waals surface area contributed by atoms with E-state index in [1.165, 1.54) is 12.1 Å². The molecule has 3 rings (SSSR count). The third-order valence-corrected chi connectivity index (χ3v) is 4.47. The number of hydrogen-bond donors (Lipinski definition) is 1. The summed E-state index contributed by atoms with van der Waals surface area (Å²) in [5.41, 5.74) is 6.37. The van der Waals surface area contributed by atoms with Gasteiger partial charge in [0.1, 0.15) is 35.4 Å². The summed E-state index contributed by atoms with van der Waals surface area (Å²) < 4.78 is 19.0. The number of primary amides is 1. The van der Waals surface area contributed by atoms with Crippen LogP contribution in [-0.4, -0.2) is 30.3 Å². The lowest BCUT2D eigenvalue weighted by Gasteiger charge is -2.32. The molecule has 0 unspecified atom stereocenters. The highest BCUT2D eigenvalue weighted by atomic mass is 19.1. The number of aromatic nitrogens is 1. The summed E-state index contributed by atoms with van der Waals surface area (Å²) in [6.07, 6.45) is 1.67. The van der Waals surface area contributed by atoms with Gasteiger partial charge in [-0.25, -0.2) is 14.2 Å². The number of nitrogens with two attached hydrogens (primary N) is 1. The van der Waals surface area contributed by atoms with Crippen LogP contribution in [0.5, 0.6) is 0 Å². The molecule has 1 aliphatic heterocycles. The number of rotatable bonds is 3. The van der Waals surface area contributed by atoms with Crippen molar-refractivity contribution in [3.8, 4) is 23.3 Å². The number of ether oxygens (including phenoxy) is 1. The summed E-state index contributed by atoms with van der Waals surface area (Å²) >= 11 is 0. The van der Waals surface area contributed by atoms with Gasteiger partial charge in [-0.05, 0) is 23.8 Å². The molecule has 0 bridgehead atoms. The van der Waals surface area contributed by atoms with E-state index in [1.807, 2.05) is 4.90 Å². The quantitative estimate of drug-likeness (QED) is 0.894. The zero-order valence-electron chi connectivity index (χ0n) is 14.4. The lowest BCUT2D eigenvalue weighted by molar-refractivity contribution is 0.0911. The summed E-state index contributed by atoms with van der Waals surface area (Å²) in [6, 6.07) is 9.81. The Morgan fingerprint density at radius 1 is 1.26 bits per heavy atom. The molecule has 1 fully saturated rings. The van der Waals surface area contributed by atoms with Gasteiger partial charge in [-0.3, -0.25) is 0 Å². The Morgan fingerprint density at radius 3 is 2.59 bits per heavy atom. The van der Waals surface area contributed by atoms with Crippen LogP contribution < -0.4 is 10.6 Å². The van der Waals surface area contributed by atoms with E-state index in [9.17, 15) is 14.4 Å². The molecule has 1 saturated heterocycles. The number of amides is 1. The Labute approximate surface area is 155 Å². The number of anilines is 1. The zero-order valence-corrected chi connectivity index (χ0v) is 14.4. The molecule has 2 N–H and O–H groups in total. The molecular weight excluding hydrogens is 349 g/mol. The van der Waals surface area contributed by atoms with Crippen molar-refractivity contribution in [3.63, 3.8) is 0 Å². The minimum absolute atomic E-state index is 0.0527. The zero-order chi connectivity index (χ0) is 19.4. The third-order valence-electron chi connectivity index (χ3n) is 4.47. The predicted octanol–water partition coefficient (Wildman–Crippen LogP) is 2.70. The highest BCUT2D eigenvalue weighted by Crippen LogP contribution is 2.31. The number of nitriles is 2. The van der Waals surface area contributed by atoms with E-state index in [2.05, 4.69) is 11.1 Å². The van der Waals surface area contributed by atoms with Gasteiger partial charge in [-0.15, -0.1) is 0 Å². The van der Waals surface area contributed by atoms with Crippen LogP contribution in [0.3, 0.4) is 0 Å². The maximum absolute atomic E-state index is 14.0. The van der Waals surface area contributed by atoms with Crippen molar-refractivity contribution < 1.29 is 13.9 Å². The maximum Gasteiger partial charge on any atom is 0.404 e. The number of carbonyl (C=O) groups excluding carboxylic acids is 1. The van der Waals surface area contributed by atoms with Crippen LogP contribution >= 0.6 is 0 Å². The molecular formula is C19H16FN5O2. The van der Waals surface area contributed by atoms with Gasteiger partial charge in [0.15, 0.2) is 0 Å². The minimum Gasteiger partial charge on any atom is -0.446 e. The van der Waals surface area contributed by atoms with Gasteiger partial charge >= 0.3 is 6.09 Å². The standard InChI is InChI=1S/C19H16FN5O2/c20-17-9-12(1-2-13(17)10-21)15-3-6-24-18(16(15)11-22)25-7-4-14(5-8-25)27-19(23)26/h1-3,6,9,14H,4-5,7-8H2,(H2,23,26). The molecule has 1 aromatic heterocycles. The molecule has 1 aromatic carbocycles. The van der Waals surface area contributed by atoms with Gasteiger partial charge in [0.05, 0.1) is 5.56 Å². The lowest BCUT2D eigenvalue weighted by atomic mass is 9.99. The van der Waals surface area contributed by atoms with Crippen molar-refractivity contribution in [1.29, 1.82) is 10.5 Å². The smallest absolute Gasteiger partial charge is 0.404 e. The van der Waals surface area contributed by atoms with Crippen molar-refractivity contribution in [2.75, 3.05) is 18.0 Å². The molecule has 136 valence electrons. The monoisotopic (exact) mass is 365 g/mol. The molecule has 8 heteroatoms. The highest BCUT2D eigenvalue weighted by Gasteiger charge is 2.25. The van der Waals surface area contributed by atoms with Gasteiger partial charge in [0.2, 0.25) is 0 Å². The van der Waals surface area contributed by atoms with Crippen molar-refractivity contribution in [2.24, 2.45) is 5.73 Å². The Balaban J connectivity index is 1.90. The number of halogens is 1. The minimum atomic E-state index is -0.797. The second-order valence-electron chi connectivity index (χ2n) is 6.10. The summed E-state index contributed by atoms with van der Waals surface area (Å²) in [5.74, 6) is -0.140. The number of hydrogen-bond acceptors (Lipinski definition) is 6. The number of nitrogens with zero attached hydrogens (tertiary/aromatic N) is 4. The molecule has 7 nitrogen and oxygen atoms in total. The second kappa shape index (κ2) is 7.71. The summed E-state index contributed by atoms with van der Waals surface area (Å²) in [4.78, 5) is 17.1. The average molecular weight is 365 g/mol. The Hall–Kier alpha value is -3.65. The second-order valence-corrected chi connectivity index (χ2v) is 6.10. The number of piperidine rings is 1. The molecule has 2 aromatic rings. The molecule has 0 aliphatic carbocycles. The SMILES string of the molecule is N#Cc1ccc(-c2ccnc(N3CCC(OC(N)=O)CC3)c2C#N)cc1F. The summed E-state index contributed by atoms with van der Waals surface area (Å²) in [5, 5.41) is 18.6. The topological polar surface area (TPSA) is 116 Å². The Kier molecular flexibility index (Phi) is 5.18. The van der Waals surface area contributed by atoms with Gasteiger partial charge in [0.25, 0.3) is 0 Å². The van der Waals surface area contributed by atoms with Crippen molar-refractivity contribution in [3.05, 3.63) is 47.4 Å². The molecule has 0 spiro atoms. The van der Waals surface area contributed by atoms with E-state index in [4.69, 9.17) is 15.7 Å². The van der Waals surface area contributed by atoms with E-state index < -0.39 is 11.9 Å². The van der Waals surface area contributed by atoms with Crippen LogP contribution in [0.2, 0.25) is 0 Å². The van der Waals surface area contributed by atoms with Crippen LogP contribution in [0.25, 0.3) is 11.1 Å². The molecule has 0 saturated carbocycles. The fraction of sp³-hybridized carbons (Fsp3) is 0.263.